The second-order valence-electron chi connectivity index (χ2n) is 8.76. The molecule has 4 rings (SSSR count). The summed E-state index contributed by atoms with van der Waals surface area (Å²) in [6.45, 7) is 5.77. The van der Waals surface area contributed by atoms with Crippen molar-refractivity contribution in [3.05, 3.63) is 53.7 Å². The first-order valence-corrected chi connectivity index (χ1v) is 11.1. The first-order valence-electron chi connectivity index (χ1n) is 11.1. The molecule has 0 radical (unpaired) electrons. The van der Waals surface area contributed by atoms with Crippen molar-refractivity contribution < 1.29 is 23.8 Å². The summed E-state index contributed by atoms with van der Waals surface area (Å²) < 4.78 is 16.4. The first kappa shape index (κ1) is 22.7. The summed E-state index contributed by atoms with van der Waals surface area (Å²) in [6.07, 6.45) is 1.09. The SMILES string of the molecule is COc1ccc(OC)c(N2C(=O)C(c3ccccc3OC)=C(N3CC(C)CC(C)C3)C2=O)c1. The van der Waals surface area contributed by atoms with Crippen LogP contribution >= 0.6 is 0 Å². The Labute approximate surface area is 194 Å². The summed E-state index contributed by atoms with van der Waals surface area (Å²) in [6, 6.07) is 12.4. The number of benzene rings is 2. The fraction of sp³-hybridized carbons (Fsp3) is 0.385. The van der Waals surface area contributed by atoms with Gasteiger partial charge in [-0.1, -0.05) is 32.0 Å². The zero-order valence-corrected chi connectivity index (χ0v) is 19.8. The van der Waals surface area contributed by atoms with Crippen LogP contribution in [-0.2, 0) is 9.59 Å². The Morgan fingerprint density at radius 3 is 2.12 bits per heavy atom. The molecule has 2 aromatic carbocycles. The van der Waals surface area contributed by atoms with Crippen LogP contribution in [0.4, 0.5) is 5.69 Å². The van der Waals surface area contributed by atoms with Crippen LogP contribution in [0, 0.1) is 11.8 Å². The van der Waals surface area contributed by atoms with Crippen molar-refractivity contribution in [2.45, 2.75) is 20.3 Å². The third kappa shape index (κ3) is 4.03. The van der Waals surface area contributed by atoms with Gasteiger partial charge in [0.1, 0.15) is 22.9 Å². The summed E-state index contributed by atoms with van der Waals surface area (Å²) in [5, 5.41) is 0. The van der Waals surface area contributed by atoms with Crippen molar-refractivity contribution >= 4 is 23.1 Å². The molecule has 2 amide bonds. The molecule has 7 nitrogen and oxygen atoms in total. The van der Waals surface area contributed by atoms with Gasteiger partial charge in [-0.2, -0.15) is 0 Å². The maximum absolute atomic E-state index is 13.9. The van der Waals surface area contributed by atoms with E-state index in [4.69, 9.17) is 14.2 Å². The smallest absolute Gasteiger partial charge is 0.282 e. The minimum atomic E-state index is -0.406. The fourth-order valence-corrected chi connectivity index (χ4v) is 4.94. The van der Waals surface area contributed by atoms with Crippen LogP contribution in [0.25, 0.3) is 5.57 Å². The predicted octanol–water partition coefficient (Wildman–Crippen LogP) is 3.97. The number of likely N-dealkylation sites (tertiary alicyclic amines) is 1. The van der Waals surface area contributed by atoms with Crippen LogP contribution in [0.15, 0.2) is 48.2 Å². The number of nitrogens with zero attached hydrogens (tertiary/aromatic N) is 2. The van der Waals surface area contributed by atoms with E-state index in [1.807, 2.05) is 18.2 Å². The second-order valence-corrected chi connectivity index (χ2v) is 8.76. The Hall–Kier alpha value is -3.48. The molecule has 7 heteroatoms. The van der Waals surface area contributed by atoms with Crippen LogP contribution in [0.1, 0.15) is 25.8 Å². The van der Waals surface area contributed by atoms with E-state index in [0.717, 1.165) is 6.42 Å². The molecule has 0 aromatic heterocycles. The van der Waals surface area contributed by atoms with E-state index in [1.54, 1.807) is 38.5 Å². The van der Waals surface area contributed by atoms with Gasteiger partial charge in [0.2, 0.25) is 0 Å². The van der Waals surface area contributed by atoms with Gasteiger partial charge in [0, 0.05) is 24.7 Å². The quantitative estimate of drug-likeness (QED) is 0.621. The number of methoxy groups -OCH3 is 3. The fourth-order valence-electron chi connectivity index (χ4n) is 4.94. The molecule has 174 valence electrons. The third-order valence-electron chi connectivity index (χ3n) is 6.25. The average Bonchev–Trinajstić information content (AvgIpc) is 3.07. The van der Waals surface area contributed by atoms with Crippen LogP contribution < -0.4 is 19.1 Å². The lowest BCUT2D eigenvalue weighted by molar-refractivity contribution is -0.120. The van der Waals surface area contributed by atoms with Gasteiger partial charge in [-0.25, -0.2) is 4.90 Å². The zero-order chi connectivity index (χ0) is 23.7. The molecule has 0 saturated carbocycles. The number of ether oxygens (including phenoxy) is 3. The molecule has 2 aromatic rings. The number of carbonyl (C=O) groups excluding carboxylic acids is 2. The Morgan fingerprint density at radius 2 is 1.48 bits per heavy atom. The monoisotopic (exact) mass is 450 g/mol. The van der Waals surface area contributed by atoms with Crippen LogP contribution in [0.5, 0.6) is 17.2 Å². The van der Waals surface area contributed by atoms with Crippen LogP contribution in [-0.4, -0.2) is 51.1 Å². The first-order chi connectivity index (χ1) is 15.9. The highest BCUT2D eigenvalue weighted by Crippen LogP contribution is 2.43. The van der Waals surface area contributed by atoms with Gasteiger partial charge in [0.15, 0.2) is 0 Å². The van der Waals surface area contributed by atoms with Gasteiger partial charge in [-0.3, -0.25) is 9.59 Å². The van der Waals surface area contributed by atoms with Gasteiger partial charge in [0.25, 0.3) is 11.8 Å². The minimum absolute atomic E-state index is 0.351. The van der Waals surface area contributed by atoms with Crippen molar-refractivity contribution in [2.75, 3.05) is 39.3 Å². The molecule has 0 N–H and O–H groups in total. The lowest BCUT2D eigenvalue weighted by Crippen LogP contribution is -2.42. The minimum Gasteiger partial charge on any atom is -0.497 e. The molecule has 2 atom stereocenters. The lowest BCUT2D eigenvalue weighted by atomic mass is 9.91. The molecular formula is C26H30N2O5. The zero-order valence-electron chi connectivity index (χ0n) is 19.8. The van der Waals surface area contributed by atoms with Gasteiger partial charge >= 0.3 is 0 Å². The third-order valence-corrected chi connectivity index (χ3v) is 6.25. The summed E-state index contributed by atoms with van der Waals surface area (Å²) in [4.78, 5) is 31.1. The van der Waals surface area contributed by atoms with E-state index in [1.165, 1.54) is 12.0 Å². The van der Waals surface area contributed by atoms with Crippen molar-refractivity contribution in [1.29, 1.82) is 0 Å². The Morgan fingerprint density at radius 1 is 0.818 bits per heavy atom. The van der Waals surface area contributed by atoms with Crippen LogP contribution in [0.3, 0.4) is 0 Å². The van der Waals surface area contributed by atoms with E-state index >= 15 is 0 Å². The summed E-state index contributed by atoms with van der Waals surface area (Å²) in [7, 11) is 4.62. The molecule has 33 heavy (non-hydrogen) atoms. The van der Waals surface area contributed by atoms with E-state index < -0.39 is 5.91 Å². The Bertz CT molecular complexity index is 1100. The highest BCUT2D eigenvalue weighted by Gasteiger charge is 2.45. The maximum atomic E-state index is 13.9. The van der Waals surface area contributed by atoms with Gasteiger partial charge in [0.05, 0.1) is 32.6 Å². The predicted molar refractivity (Wildman–Crippen MR) is 126 cm³/mol. The number of hydrogen-bond donors (Lipinski definition) is 0. The molecule has 0 bridgehead atoms. The number of hydrogen-bond acceptors (Lipinski definition) is 6. The van der Waals surface area contributed by atoms with E-state index in [0.29, 0.717) is 64.7 Å². The Kier molecular flexibility index (Phi) is 6.31. The molecule has 0 aliphatic carbocycles. The number of para-hydroxylation sites is 1. The number of rotatable bonds is 6. The van der Waals surface area contributed by atoms with Gasteiger partial charge in [-0.15, -0.1) is 0 Å². The number of amides is 2. The molecule has 2 aliphatic rings. The topological polar surface area (TPSA) is 68.3 Å². The van der Waals surface area contributed by atoms with E-state index in [2.05, 4.69) is 18.7 Å². The summed E-state index contributed by atoms with van der Waals surface area (Å²) in [5.74, 6) is 1.53. The Balaban J connectivity index is 1.90. The number of piperidine rings is 1. The molecule has 2 heterocycles. The number of anilines is 1. The molecule has 0 spiro atoms. The van der Waals surface area contributed by atoms with Gasteiger partial charge < -0.3 is 19.1 Å². The molecule has 1 fully saturated rings. The average molecular weight is 451 g/mol. The number of carbonyl (C=O) groups is 2. The van der Waals surface area contributed by atoms with Crippen LogP contribution in [0.2, 0.25) is 0 Å². The summed E-state index contributed by atoms with van der Waals surface area (Å²) >= 11 is 0. The molecule has 2 unspecified atom stereocenters. The van der Waals surface area contributed by atoms with E-state index in [9.17, 15) is 9.59 Å². The van der Waals surface area contributed by atoms with Crippen molar-refractivity contribution in [3.8, 4) is 17.2 Å². The van der Waals surface area contributed by atoms with E-state index in [-0.39, 0.29) is 5.91 Å². The standard InChI is InChI=1S/C26H30N2O5/c1-16-12-17(2)15-27(14-16)24-23(19-8-6-7-9-21(19)32-4)25(29)28(26(24)30)20-13-18(31-3)10-11-22(20)33-5/h6-11,13,16-17H,12,14-15H2,1-5H3. The number of imide groups is 1. The second kappa shape index (κ2) is 9.17. The molecular weight excluding hydrogens is 420 g/mol. The van der Waals surface area contributed by atoms with Crippen molar-refractivity contribution in [3.63, 3.8) is 0 Å². The maximum Gasteiger partial charge on any atom is 0.282 e. The normalized spacial score (nSPS) is 21.0. The highest BCUT2D eigenvalue weighted by molar-refractivity contribution is 6.46. The molecule has 1 saturated heterocycles. The van der Waals surface area contributed by atoms with Gasteiger partial charge in [-0.05, 0) is 36.5 Å². The van der Waals surface area contributed by atoms with Crippen molar-refractivity contribution in [1.82, 2.24) is 4.90 Å². The molecule has 2 aliphatic heterocycles. The highest BCUT2D eigenvalue weighted by atomic mass is 16.5. The largest absolute Gasteiger partial charge is 0.497 e. The van der Waals surface area contributed by atoms with Crippen molar-refractivity contribution in [2.24, 2.45) is 11.8 Å². The summed E-state index contributed by atoms with van der Waals surface area (Å²) in [5.41, 5.74) is 1.72. The lowest BCUT2D eigenvalue weighted by Gasteiger charge is -2.37.